The lowest BCUT2D eigenvalue weighted by atomic mass is 10.1. The number of hydrogen-bond acceptors (Lipinski definition) is 4. The number of Topliss-reactive ketones (excluding diaryl/α,β-unsaturated/α-hetero) is 2. The van der Waals surface area contributed by atoms with E-state index < -0.39 is 0 Å². The first-order valence-electron chi connectivity index (χ1n) is 6.25. The maximum Gasteiger partial charge on any atom is 0.202 e. The average molecular weight is 343 g/mol. The topological polar surface area (TPSA) is 43.4 Å². The summed E-state index contributed by atoms with van der Waals surface area (Å²) in [5.74, 6) is 0.350. The zero-order valence-corrected chi connectivity index (χ0v) is 13.5. The first-order chi connectivity index (χ1) is 10.0. The molecule has 0 spiro atoms. The van der Waals surface area contributed by atoms with E-state index in [2.05, 4.69) is 0 Å². The van der Waals surface area contributed by atoms with Crippen molar-refractivity contribution in [3.63, 3.8) is 0 Å². The van der Waals surface area contributed by atoms with E-state index in [4.69, 9.17) is 27.9 Å². The Morgan fingerprint density at radius 3 is 2.33 bits per heavy atom. The van der Waals surface area contributed by atoms with Gasteiger partial charge >= 0.3 is 0 Å². The van der Waals surface area contributed by atoms with Crippen molar-refractivity contribution in [3.8, 4) is 5.75 Å². The first-order valence-corrected chi connectivity index (χ1v) is 7.82. The molecule has 0 saturated heterocycles. The Kier molecular flexibility index (Phi) is 5.39. The number of carbonyl (C=O) groups is 2. The Balaban J connectivity index is 1.98. The molecular formula is C15H12Cl2O3S. The molecule has 0 unspecified atom stereocenters. The molecule has 0 radical (unpaired) electrons. The number of ether oxygens (including phenoxy) is 1. The zero-order chi connectivity index (χ0) is 15.4. The van der Waals surface area contributed by atoms with E-state index in [9.17, 15) is 9.59 Å². The minimum absolute atomic E-state index is 0.0670. The summed E-state index contributed by atoms with van der Waals surface area (Å²) in [6.45, 7) is 1.68. The fourth-order valence-corrected chi connectivity index (χ4v) is 3.20. The van der Waals surface area contributed by atoms with Crippen LogP contribution < -0.4 is 4.74 Å². The summed E-state index contributed by atoms with van der Waals surface area (Å²) < 4.78 is 6.22. The van der Waals surface area contributed by atoms with Crippen LogP contribution in [0.2, 0.25) is 8.67 Å². The molecule has 6 heteroatoms. The van der Waals surface area contributed by atoms with Gasteiger partial charge in [-0.25, -0.2) is 0 Å². The highest BCUT2D eigenvalue weighted by Crippen LogP contribution is 2.31. The minimum atomic E-state index is -0.239. The van der Waals surface area contributed by atoms with E-state index >= 15 is 0 Å². The number of benzene rings is 1. The average Bonchev–Trinajstić information content (AvgIpc) is 2.83. The van der Waals surface area contributed by atoms with Gasteiger partial charge in [0.1, 0.15) is 10.1 Å². The normalized spacial score (nSPS) is 10.4. The number of carbonyl (C=O) groups excluding carboxylic acids is 2. The smallest absolute Gasteiger partial charge is 0.202 e. The molecule has 0 fully saturated rings. The van der Waals surface area contributed by atoms with E-state index in [1.807, 2.05) is 0 Å². The largest absolute Gasteiger partial charge is 0.485 e. The second kappa shape index (κ2) is 7.07. The van der Waals surface area contributed by atoms with Crippen molar-refractivity contribution < 1.29 is 14.3 Å². The van der Waals surface area contributed by atoms with Crippen molar-refractivity contribution in [2.75, 3.05) is 6.61 Å². The maximum atomic E-state index is 12.0. The van der Waals surface area contributed by atoms with Crippen LogP contribution in [-0.4, -0.2) is 18.2 Å². The number of ketones is 2. The molecule has 1 heterocycles. The van der Waals surface area contributed by atoms with Crippen LogP contribution in [-0.2, 0) is 0 Å². The van der Waals surface area contributed by atoms with Crippen molar-refractivity contribution >= 4 is 46.1 Å². The molecular weight excluding hydrogens is 331 g/mol. The third kappa shape index (κ3) is 4.06. The molecule has 0 aliphatic heterocycles. The van der Waals surface area contributed by atoms with Gasteiger partial charge in [-0.2, -0.15) is 0 Å². The van der Waals surface area contributed by atoms with Crippen LogP contribution in [0, 0.1) is 0 Å². The van der Waals surface area contributed by atoms with Crippen LogP contribution in [0.4, 0.5) is 0 Å². The summed E-state index contributed by atoms with van der Waals surface area (Å²) in [5, 5.41) is 0. The molecule has 21 heavy (non-hydrogen) atoms. The van der Waals surface area contributed by atoms with Crippen molar-refractivity contribution in [1.82, 2.24) is 0 Å². The Morgan fingerprint density at radius 2 is 1.81 bits per heavy atom. The number of halogens is 2. The molecule has 3 nitrogen and oxygen atoms in total. The Bertz CT molecular complexity index is 662. The van der Waals surface area contributed by atoms with Gasteiger partial charge in [-0.15, -0.1) is 11.3 Å². The summed E-state index contributed by atoms with van der Waals surface area (Å²) in [6.07, 6.45) is 0.454. The second-order valence-electron chi connectivity index (χ2n) is 4.25. The maximum absolute atomic E-state index is 12.0. The molecule has 1 aromatic carbocycles. The number of rotatable bonds is 6. The quantitative estimate of drug-likeness (QED) is 0.700. The lowest BCUT2D eigenvalue weighted by Crippen LogP contribution is -2.11. The van der Waals surface area contributed by atoms with Crippen molar-refractivity contribution in [2.24, 2.45) is 0 Å². The third-order valence-electron chi connectivity index (χ3n) is 2.82. The molecule has 0 saturated carbocycles. The van der Waals surface area contributed by atoms with Gasteiger partial charge in [0.25, 0.3) is 0 Å². The van der Waals surface area contributed by atoms with E-state index in [1.165, 1.54) is 6.07 Å². The van der Waals surface area contributed by atoms with Crippen LogP contribution in [0.5, 0.6) is 5.75 Å². The molecule has 1 aromatic heterocycles. The fourth-order valence-electron chi connectivity index (χ4n) is 1.70. The molecule has 0 aliphatic carbocycles. The molecule has 110 valence electrons. The summed E-state index contributed by atoms with van der Waals surface area (Å²) in [4.78, 5) is 23.5. The number of hydrogen-bond donors (Lipinski definition) is 0. The summed E-state index contributed by atoms with van der Waals surface area (Å²) in [5.41, 5.74) is 0.994. The molecule has 0 N–H and O–H groups in total. The highest BCUT2D eigenvalue weighted by atomic mass is 35.5. The summed E-state index contributed by atoms with van der Waals surface area (Å²) >= 11 is 12.9. The molecule has 0 aliphatic rings. The van der Waals surface area contributed by atoms with Crippen LogP contribution in [0.25, 0.3) is 0 Å². The predicted molar refractivity (Wildman–Crippen MR) is 85.2 cm³/mol. The third-order valence-corrected chi connectivity index (χ3v) is 4.31. The van der Waals surface area contributed by atoms with Gasteiger partial charge in [0, 0.05) is 12.0 Å². The fraction of sp³-hybridized carbons (Fsp3) is 0.200. The molecule has 2 rings (SSSR count). The standard InChI is InChI=1S/C15H12Cl2O3S/c1-2-12(18)9-3-5-10(6-4-9)20-8-13(19)11-7-14(16)21-15(11)17/h3-7H,2,8H2,1H3. The van der Waals surface area contributed by atoms with Crippen molar-refractivity contribution in [3.05, 3.63) is 50.1 Å². The van der Waals surface area contributed by atoms with Crippen LogP contribution >= 0.6 is 34.5 Å². The van der Waals surface area contributed by atoms with E-state index in [1.54, 1.807) is 31.2 Å². The van der Waals surface area contributed by atoms with Crippen molar-refractivity contribution in [2.45, 2.75) is 13.3 Å². The van der Waals surface area contributed by atoms with Gasteiger partial charge in [0.05, 0.1) is 9.90 Å². The first kappa shape index (κ1) is 16.0. The van der Waals surface area contributed by atoms with E-state index in [0.717, 1.165) is 11.3 Å². The summed E-state index contributed by atoms with van der Waals surface area (Å²) in [7, 11) is 0. The Morgan fingerprint density at radius 1 is 1.14 bits per heavy atom. The minimum Gasteiger partial charge on any atom is -0.485 e. The van der Waals surface area contributed by atoms with Gasteiger partial charge in [-0.3, -0.25) is 9.59 Å². The van der Waals surface area contributed by atoms with Crippen LogP contribution in [0.3, 0.4) is 0 Å². The highest BCUT2D eigenvalue weighted by molar-refractivity contribution is 7.20. The molecule has 0 atom stereocenters. The van der Waals surface area contributed by atoms with Gasteiger partial charge in [-0.05, 0) is 30.3 Å². The Labute approximate surface area is 136 Å². The lowest BCUT2D eigenvalue weighted by molar-refractivity contribution is 0.0920. The second-order valence-corrected chi connectivity index (χ2v) is 6.54. The van der Waals surface area contributed by atoms with Crippen molar-refractivity contribution in [1.29, 1.82) is 0 Å². The number of thiophene rings is 1. The van der Waals surface area contributed by atoms with Crippen LogP contribution in [0.15, 0.2) is 30.3 Å². The monoisotopic (exact) mass is 342 g/mol. The molecule has 0 bridgehead atoms. The lowest BCUT2D eigenvalue weighted by Gasteiger charge is -2.06. The van der Waals surface area contributed by atoms with Gasteiger partial charge in [-0.1, -0.05) is 30.1 Å². The zero-order valence-electron chi connectivity index (χ0n) is 11.2. The SMILES string of the molecule is CCC(=O)c1ccc(OCC(=O)c2cc(Cl)sc2Cl)cc1. The molecule has 0 amide bonds. The summed E-state index contributed by atoms with van der Waals surface area (Å²) in [6, 6.07) is 8.22. The van der Waals surface area contributed by atoms with E-state index in [0.29, 0.717) is 32.0 Å². The Hall–Kier alpha value is -1.36. The van der Waals surface area contributed by atoms with Crippen LogP contribution in [0.1, 0.15) is 34.1 Å². The van der Waals surface area contributed by atoms with Gasteiger partial charge < -0.3 is 4.74 Å². The van der Waals surface area contributed by atoms with Gasteiger partial charge in [0.2, 0.25) is 5.78 Å². The van der Waals surface area contributed by atoms with Gasteiger partial charge in [0.15, 0.2) is 12.4 Å². The van der Waals surface area contributed by atoms with E-state index in [-0.39, 0.29) is 18.2 Å². The highest BCUT2D eigenvalue weighted by Gasteiger charge is 2.15. The predicted octanol–water partition coefficient (Wildman–Crippen LogP) is 4.91. The molecule has 2 aromatic rings.